The maximum Gasteiger partial charge on any atom is 0.243 e. The van der Waals surface area contributed by atoms with Gasteiger partial charge in [-0.05, 0) is 48.7 Å². The lowest BCUT2D eigenvalue weighted by molar-refractivity contribution is -0.127. The Balaban J connectivity index is 1.50. The molecule has 1 heterocycles. The van der Waals surface area contributed by atoms with Gasteiger partial charge in [0.1, 0.15) is 17.7 Å². The van der Waals surface area contributed by atoms with E-state index in [2.05, 4.69) is 5.32 Å². The standard InChI is InChI=1S/C21H23F2N3O3S/c22-16-6-4-15(5-7-16)20(21(27)24-18-8-9-18)25-10-12-26(13-11-25)30(28,29)19-3-1-2-17(23)14-19/h1-7,14,18,20H,8-13H2,(H,24,27)/t20-/m1/s1. The van der Waals surface area contributed by atoms with Crippen molar-refractivity contribution < 1.29 is 22.0 Å². The maximum atomic E-state index is 13.5. The van der Waals surface area contributed by atoms with Crippen LogP contribution in [-0.2, 0) is 14.8 Å². The summed E-state index contributed by atoms with van der Waals surface area (Å²) in [5.74, 6) is -1.15. The topological polar surface area (TPSA) is 69.7 Å². The van der Waals surface area contributed by atoms with Crippen LogP contribution < -0.4 is 5.32 Å². The molecule has 30 heavy (non-hydrogen) atoms. The van der Waals surface area contributed by atoms with Gasteiger partial charge in [0.25, 0.3) is 0 Å². The fraction of sp³-hybridized carbons (Fsp3) is 0.381. The largest absolute Gasteiger partial charge is 0.352 e. The first kappa shape index (κ1) is 20.9. The lowest BCUT2D eigenvalue weighted by Gasteiger charge is -2.38. The van der Waals surface area contributed by atoms with Gasteiger partial charge in [0.2, 0.25) is 15.9 Å². The molecule has 2 aromatic carbocycles. The number of hydrogen-bond acceptors (Lipinski definition) is 4. The number of carbonyl (C=O) groups is 1. The number of hydrogen-bond donors (Lipinski definition) is 1. The van der Waals surface area contributed by atoms with Gasteiger partial charge in [0.05, 0.1) is 4.90 Å². The zero-order chi connectivity index (χ0) is 21.3. The van der Waals surface area contributed by atoms with Crippen LogP contribution in [0.2, 0.25) is 0 Å². The minimum absolute atomic E-state index is 0.0856. The van der Waals surface area contributed by atoms with E-state index < -0.39 is 21.9 Å². The summed E-state index contributed by atoms with van der Waals surface area (Å²) in [4.78, 5) is 14.7. The van der Waals surface area contributed by atoms with E-state index in [0.717, 1.165) is 18.9 Å². The molecule has 0 unspecified atom stereocenters. The van der Waals surface area contributed by atoms with Gasteiger partial charge in [-0.3, -0.25) is 9.69 Å². The molecule has 1 aliphatic carbocycles. The van der Waals surface area contributed by atoms with Gasteiger partial charge in [0.15, 0.2) is 0 Å². The van der Waals surface area contributed by atoms with Crippen LogP contribution in [0.5, 0.6) is 0 Å². The van der Waals surface area contributed by atoms with E-state index in [9.17, 15) is 22.0 Å². The molecular formula is C21H23F2N3O3S. The molecule has 4 rings (SSSR count). The van der Waals surface area contributed by atoms with Crippen molar-refractivity contribution >= 4 is 15.9 Å². The molecule has 0 radical (unpaired) electrons. The zero-order valence-electron chi connectivity index (χ0n) is 16.3. The highest BCUT2D eigenvalue weighted by atomic mass is 32.2. The predicted octanol–water partition coefficient (Wildman–Crippen LogP) is 2.29. The van der Waals surface area contributed by atoms with Crippen LogP contribution in [0.15, 0.2) is 53.4 Å². The molecule has 2 aromatic rings. The van der Waals surface area contributed by atoms with Crippen LogP contribution in [0, 0.1) is 11.6 Å². The lowest BCUT2D eigenvalue weighted by atomic mass is 10.0. The Labute approximate surface area is 174 Å². The molecule has 0 bridgehead atoms. The fourth-order valence-electron chi connectivity index (χ4n) is 3.66. The monoisotopic (exact) mass is 435 g/mol. The molecule has 0 spiro atoms. The Morgan fingerprint density at radius 2 is 1.63 bits per heavy atom. The number of carbonyl (C=O) groups excluding carboxylic acids is 1. The van der Waals surface area contributed by atoms with Crippen LogP contribution in [0.4, 0.5) is 8.78 Å². The highest BCUT2D eigenvalue weighted by Crippen LogP contribution is 2.27. The van der Waals surface area contributed by atoms with E-state index in [1.807, 2.05) is 4.90 Å². The summed E-state index contributed by atoms with van der Waals surface area (Å²) < 4.78 is 53.8. The Morgan fingerprint density at radius 3 is 2.23 bits per heavy atom. The molecule has 2 fully saturated rings. The molecule has 6 nitrogen and oxygen atoms in total. The van der Waals surface area contributed by atoms with Crippen molar-refractivity contribution in [1.29, 1.82) is 0 Å². The first-order chi connectivity index (χ1) is 14.3. The smallest absolute Gasteiger partial charge is 0.243 e. The molecule has 1 aliphatic heterocycles. The van der Waals surface area contributed by atoms with Gasteiger partial charge >= 0.3 is 0 Å². The average molecular weight is 435 g/mol. The molecule has 2 aliphatic rings. The summed E-state index contributed by atoms with van der Waals surface area (Å²) in [6, 6.07) is 10.3. The number of amides is 1. The van der Waals surface area contributed by atoms with Gasteiger partial charge in [-0.25, -0.2) is 17.2 Å². The first-order valence-corrected chi connectivity index (χ1v) is 11.3. The van der Waals surface area contributed by atoms with Gasteiger partial charge < -0.3 is 5.32 Å². The van der Waals surface area contributed by atoms with E-state index in [1.165, 1.54) is 34.6 Å². The number of piperazine rings is 1. The predicted molar refractivity (Wildman–Crippen MR) is 107 cm³/mol. The molecule has 1 N–H and O–H groups in total. The van der Waals surface area contributed by atoms with E-state index in [1.54, 1.807) is 12.1 Å². The fourth-order valence-corrected chi connectivity index (χ4v) is 5.11. The van der Waals surface area contributed by atoms with E-state index in [4.69, 9.17) is 0 Å². The lowest BCUT2D eigenvalue weighted by Crippen LogP contribution is -2.52. The van der Waals surface area contributed by atoms with Gasteiger partial charge in [-0.2, -0.15) is 4.31 Å². The van der Waals surface area contributed by atoms with Crippen LogP contribution in [0.3, 0.4) is 0 Å². The second kappa shape index (κ2) is 8.41. The Hall–Kier alpha value is -2.36. The van der Waals surface area contributed by atoms with Crippen LogP contribution in [0.1, 0.15) is 24.4 Å². The van der Waals surface area contributed by atoms with Crippen LogP contribution >= 0.6 is 0 Å². The first-order valence-electron chi connectivity index (χ1n) is 9.90. The molecule has 1 saturated carbocycles. The summed E-state index contributed by atoms with van der Waals surface area (Å²) in [5.41, 5.74) is 0.663. The quantitative estimate of drug-likeness (QED) is 0.756. The number of halogens is 2. The molecule has 1 saturated heterocycles. The number of nitrogens with one attached hydrogen (secondary N) is 1. The average Bonchev–Trinajstić information content (AvgIpc) is 3.54. The Morgan fingerprint density at radius 1 is 0.967 bits per heavy atom. The summed E-state index contributed by atoms with van der Waals surface area (Å²) in [5, 5.41) is 2.99. The second-order valence-electron chi connectivity index (χ2n) is 7.63. The SMILES string of the molecule is O=C(NC1CC1)[C@@H](c1ccc(F)cc1)N1CCN(S(=O)(=O)c2cccc(F)c2)CC1. The molecule has 160 valence electrons. The zero-order valence-corrected chi connectivity index (χ0v) is 17.1. The van der Waals surface area contributed by atoms with E-state index in [0.29, 0.717) is 18.7 Å². The number of nitrogens with zero attached hydrogens (tertiary/aromatic N) is 2. The van der Waals surface area contributed by atoms with Crippen molar-refractivity contribution in [3.8, 4) is 0 Å². The maximum absolute atomic E-state index is 13.5. The molecule has 9 heteroatoms. The van der Waals surface area contributed by atoms with Crippen molar-refractivity contribution in [2.75, 3.05) is 26.2 Å². The molecule has 1 atom stereocenters. The summed E-state index contributed by atoms with van der Waals surface area (Å²) in [6.45, 7) is 1.00. The van der Waals surface area contributed by atoms with Crippen molar-refractivity contribution in [2.45, 2.75) is 29.8 Å². The number of sulfonamides is 1. The number of rotatable bonds is 6. The summed E-state index contributed by atoms with van der Waals surface area (Å²) >= 11 is 0. The third-order valence-corrected chi connectivity index (χ3v) is 7.32. The third kappa shape index (κ3) is 4.53. The number of benzene rings is 2. The van der Waals surface area contributed by atoms with Crippen LogP contribution in [0.25, 0.3) is 0 Å². The normalized spacial score (nSPS) is 19.4. The highest BCUT2D eigenvalue weighted by Gasteiger charge is 2.36. The van der Waals surface area contributed by atoms with E-state index >= 15 is 0 Å². The third-order valence-electron chi connectivity index (χ3n) is 5.43. The van der Waals surface area contributed by atoms with Gasteiger partial charge in [-0.1, -0.05) is 18.2 Å². The van der Waals surface area contributed by atoms with Crippen molar-refractivity contribution in [1.82, 2.24) is 14.5 Å². The van der Waals surface area contributed by atoms with Gasteiger partial charge in [-0.15, -0.1) is 0 Å². The Kier molecular flexibility index (Phi) is 5.86. The van der Waals surface area contributed by atoms with Crippen molar-refractivity contribution in [3.63, 3.8) is 0 Å². The van der Waals surface area contributed by atoms with E-state index in [-0.39, 0.29) is 35.8 Å². The summed E-state index contributed by atoms with van der Waals surface area (Å²) in [6.07, 6.45) is 1.89. The van der Waals surface area contributed by atoms with Gasteiger partial charge in [0, 0.05) is 32.2 Å². The summed E-state index contributed by atoms with van der Waals surface area (Å²) in [7, 11) is -3.82. The second-order valence-corrected chi connectivity index (χ2v) is 9.57. The molecule has 1 amide bonds. The Bertz CT molecular complexity index is 1020. The minimum atomic E-state index is -3.82. The van der Waals surface area contributed by atoms with Crippen molar-refractivity contribution in [3.05, 3.63) is 65.7 Å². The molecule has 0 aromatic heterocycles. The minimum Gasteiger partial charge on any atom is -0.352 e. The van der Waals surface area contributed by atoms with Crippen molar-refractivity contribution in [2.24, 2.45) is 0 Å². The highest BCUT2D eigenvalue weighted by molar-refractivity contribution is 7.89. The van der Waals surface area contributed by atoms with Crippen LogP contribution in [-0.4, -0.2) is 55.8 Å². The molecular weight excluding hydrogens is 412 g/mol.